The van der Waals surface area contributed by atoms with Gasteiger partial charge in [-0.2, -0.15) is 0 Å². The number of aromatic hydroxyl groups is 1. The number of hydrogen-bond donors (Lipinski definition) is 7. The number of aliphatic carboxylic acids is 1. The van der Waals surface area contributed by atoms with Crippen LogP contribution in [0.15, 0.2) is 29.3 Å². The zero-order chi connectivity index (χ0) is 25.0. The lowest BCUT2D eigenvalue weighted by molar-refractivity contribution is -0.144. The summed E-state index contributed by atoms with van der Waals surface area (Å²) >= 11 is 0. The van der Waals surface area contributed by atoms with Crippen molar-refractivity contribution in [3.63, 3.8) is 0 Å². The van der Waals surface area contributed by atoms with E-state index in [9.17, 15) is 24.6 Å². The van der Waals surface area contributed by atoms with E-state index >= 15 is 0 Å². The molecule has 0 fully saturated rings. The number of carbonyl (C=O) groups is 3. The van der Waals surface area contributed by atoms with Crippen molar-refractivity contribution in [1.82, 2.24) is 10.2 Å². The number of hydrogen-bond acceptors (Lipinski definition) is 7. The highest BCUT2D eigenvalue weighted by Gasteiger charge is 2.31. The minimum atomic E-state index is -1.22. The molecule has 0 aromatic heterocycles. The number of nitrogens with one attached hydrogen (secondary N) is 1. The van der Waals surface area contributed by atoms with Crippen molar-refractivity contribution < 1.29 is 24.6 Å². The Labute approximate surface area is 193 Å². The summed E-state index contributed by atoms with van der Waals surface area (Å²) in [6.07, 6.45) is 1.49. The Bertz CT molecular complexity index is 812. The van der Waals surface area contributed by atoms with Crippen LogP contribution in [0.4, 0.5) is 0 Å². The summed E-state index contributed by atoms with van der Waals surface area (Å²) in [5.74, 6) is -2.29. The molecule has 0 radical (unpaired) electrons. The summed E-state index contributed by atoms with van der Waals surface area (Å²) in [7, 11) is 1.45. The van der Waals surface area contributed by atoms with Gasteiger partial charge in [0.1, 0.15) is 17.8 Å². The molecular formula is C21H35N7O5. The van der Waals surface area contributed by atoms with Crippen molar-refractivity contribution in [2.24, 2.45) is 27.9 Å². The van der Waals surface area contributed by atoms with E-state index in [0.717, 1.165) is 0 Å². The standard InChI is InChI=1S/C21H35N7O5/c1-28(19(31)15(23)4-3-11-26-21(24)25)17(5-2-10-22)18(30)27-16(20(32)33)12-13-6-8-14(29)9-7-13/h6-9,15-17,29H,2-5,10-12,22-23H2,1H3,(H,27,30)(H,32,33)(H4,24,25,26)/t15-,16+,17+/m0/s1. The van der Waals surface area contributed by atoms with Crippen molar-refractivity contribution in [3.8, 4) is 5.75 Å². The van der Waals surface area contributed by atoms with Crippen LogP contribution < -0.4 is 28.3 Å². The van der Waals surface area contributed by atoms with Crippen LogP contribution in [0.2, 0.25) is 0 Å². The van der Waals surface area contributed by atoms with Crippen molar-refractivity contribution in [2.45, 2.75) is 50.2 Å². The highest BCUT2D eigenvalue weighted by Crippen LogP contribution is 2.13. The van der Waals surface area contributed by atoms with E-state index in [1.54, 1.807) is 12.1 Å². The molecule has 0 aliphatic rings. The predicted octanol–water partition coefficient (Wildman–Crippen LogP) is -1.55. The minimum absolute atomic E-state index is 0.00687. The molecule has 184 valence electrons. The van der Waals surface area contributed by atoms with Crippen molar-refractivity contribution in [2.75, 3.05) is 20.1 Å². The fourth-order valence-corrected chi connectivity index (χ4v) is 3.21. The number of amides is 2. The average Bonchev–Trinajstić information content (AvgIpc) is 2.76. The van der Waals surface area contributed by atoms with E-state index in [1.807, 2.05) is 0 Å². The number of phenols is 1. The summed E-state index contributed by atoms with van der Waals surface area (Å²) < 4.78 is 0. The van der Waals surface area contributed by atoms with Gasteiger partial charge in [-0.15, -0.1) is 0 Å². The van der Waals surface area contributed by atoms with Crippen LogP contribution in [0.3, 0.4) is 0 Å². The number of aliphatic imine (C=N–C) groups is 1. The predicted molar refractivity (Wildman–Crippen MR) is 124 cm³/mol. The smallest absolute Gasteiger partial charge is 0.326 e. The van der Waals surface area contributed by atoms with Crippen molar-refractivity contribution in [3.05, 3.63) is 29.8 Å². The van der Waals surface area contributed by atoms with Gasteiger partial charge in [-0.05, 0) is 49.9 Å². The molecule has 0 aliphatic heterocycles. The number of nitrogens with two attached hydrogens (primary N) is 4. The van der Waals surface area contributed by atoms with Gasteiger partial charge in [-0.1, -0.05) is 12.1 Å². The second-order valence-electron chi connectivity index (χ2n) is 7.72. The first-order valence-electron chi connectivity index (χ1n) is 10.7. The average molecular weight is 466 g/mol. The lowest BCUT2D eigenvalue weighted by atomic mass is 10.0. The second-order valence-corrected chi connectivity index (χ2v) is 7.72. The maximum absolute atomic E-state index is 13.0. The Morgan fingerprint density at radius 1 is 1.12 bits per heavy atom. The first kappa shape index (κ1) is 27.7. The molecule has 11 N–H and O–H groups in total. The van der Waals surface area contributed by atoms with E-state index < -0.39 is 35.9 Å². The first-order valence-corrected chi connectivity index (χ1v) is 10.7. The van der Waals surface area contributed by atoms with Crippen LogP contribution in [0.1, 0.15) is 31.2 Å². The molecule has 1 aromatic carbocycles. The monoisotopic (exact) mass is 465 g/mol. The van der Waals surface area contributed by atoms with Gasteiger partial charge in [0.2, 0.25) is 11.8 Å². The molecule has 0 aliphatic carbocycles. The quantitative estimate of drug-likeness (QED) is 0.0957. The zero-order valence-electron chi connectivity index (χ0n) is 18.8. The fourth-order valence-electron chi connectivity index (χ4n) is 3.21. The number of guanidine groups is 1. The number of nitrogens with zero attached hydrogens (tertiary/aromatic N) is 2. The Kier molecular flexibility index (Phi) is 11.7. The third kappa shape index (κ3) is 9.74. The SMILES string of the molecule is CN(C(=O)[C@@H](N)CCCN=C(N)N)[C@H](CCCN)C(=O)N[C@H](Cc1ccc(O)cc1)C(=O)O. The van der Waals surface area contributed by atoms with E-state index in [4.69, 9.17) is 22.9 Å². The number of carboxylic acids is 1. The maximum atomic E-state index is 13.0. The summed E-state index contributed by atoms with van der Waals surface area (Å²) in [6.45, 7) is 0.619. The third-order valence-corrected chi connectivity index (χ3v) is 5.08. The van der Waals surface area contributed by atoms with Gasteiger partial charge in [0.05, 0.1) is 6.04 Å². The van der Waals surface area contributed by atoms with Gasteiger partial charge in [0.25, 0.3) is 0 Å². The molecule has 2 amide bonds. The summed E-state index contributed by atoms with van der Waals surface area (Å²) in [5.41, 5.74) is 22.7. The Morgan fingerprint density at radius 2 is 1.76 bits per heavy atom. The van der Waals surface area contributed by atoms with Crippen LogP contribution in [-0.4, -0.2) is 77.1 Å². The van der Waals surface area contributed by atoms with Gasteiger partial charge < -0.3 is 43.4 Å². The molecule has 33 heavy (non-hydrogen) atoms. The Hall–Kier alpha value is -3.38. The molecular weight excluding hydrogens is 430 g/mol. The topological polar surface area (TPSA) is 223 Å². The number of carbonyl (C=O) groups excluding carboxylic acids is 2. The van der Waals surface area contributed by atoms with Gasteiger partial charge >= 0.3 is 5.97 Å². The Balaban J connectivity index is 2.86. The molecule has 1 rings (SSSR count). The van der Waals surface area contributed by atoms with Gasteiger partial charge in [0, 0.05) is 20.0 Å². The first-order chi connectivity index (χ1) is 15.6. The number of rotatable bonds is 14. The van der Waals surface area contributed by atoms with Crippen LogP contribution >= 0.6 is 0 Å². The molecule has 0 saturated carbocycles. The number of likely N-dealkylation sites (N-methyl/N-ethyl adjacent to an activating group) is 1. The number of carboxylic acid groups (broad SMARTS) is 1. The molecule has 1 aromatic rings. The summed E-state index contributed by atoms with van der Waals surface area (Å²) in [6, 6.07) is 2.97. The normalized spacial score (nSPS) is 13.4. The minimum Gasteiger partial charge on any atom is -0.508 e. The third-order valence-electron chi connectivity index (χ3n) is 5.08. The molecule has 3 atom stereocenters. The van der Waals surface area contributed by atoms with Crippen LogP contribution in [0, 0.1) is 0 Å². The molecule has 12 heteroatoms. The van der Waals surface area contributed by atoms with Crippen molar-refractivity contribution >= 4 is 23.7 Å². The van der Waals surface area contributed by atoms with Crippen LogP contribution in [0.5, 0.6) is 5.75 Å². The van der Waals surface area contributed by atoms with Gasteiger partial charge in [0.15, 0.2) is 5.96 Å². The molecule has 0 unspecified atom stereocenters. The lowest BCUT2D eigenvalue weighted by Gasteiger charge is -2.30. The van der Waals surface area contributed by atoms with E-state index in [2.05, 4.69) is 10.3 Å². The van der Waals surface area contributed by atoms with Gasteiger partial charge in [-0.3, -0.25) is 14.6 Å². The van der Waals surface area contributed by atoms with E-state index in [-0.39, 0.29) is 24.6 Å². The van der Waals surface area contributed by atoms with Gasteiger partial charge in [-0.25, -0.2) is 4.79 Å². The highest BCUT2D eigenvalue weighted by atomic mass is 16.4. The molecule has 0 spiro atoms. The van der Waals surface area contributed by atoms with Crippen molar-refractivity contribution in [1.29, 1.82) is 0 Å². The molecule has 0 heterocycles. The maximum Gasteiger partial charge on any atom is 0.326 e. The molecule has 0 bridgehead atoms. The molecule has 12 nitrogen and oxygen atoms in total. The van der Waals surface area contributed by atoms with Crippen LogP contribution in [0.25, 0.3) is 0 Å². The summed E-state index contributed by atoms with van der Waals surface area (Å²) in [5, 5.41) is 21.5. The van der Waals surface area contributed by atoms with E-state index in [1.165, 1.54) is 24.1 Å². The fraction of sp³-hybridized carbons (Fsp3) is 0.524. The molecule has 0 saturated heterocycles. The summed E-state index contributed by atoms with van der Waals surface area (Å²) in [4.78, 5) is 42.6. The number of benzene rings is 1. The van der Waals surface area contributed by atoms with Crippen LogP contribution in [-0.2, 0) is 20.8 Å². The lowest BCUT2D eigenvalue weighted by Crippen LogP contribution is -2.55. The number of phenolic OH excluding ortho intramolecular Hbond substituents is 1. The second kappa shape index (κ2) is 13.9. The zero-order valence-corrected chi connectivity index (χ0v) is 18.8. The largest absolute Gasteiger partial charge is 0.508 e. The van der Waals surface area contributed by atoms with E-state index in [0.29, 0.717) is 37.9 Å². The Morgan fingerprint density at radius 3 is 2.30 bits per heavy atom. The highest BCUT2D eigenvalue weighted by molar-refractivity contribution is 5.91.